The number of rotatable bonds is 9. The van der Waals surface area contributed by atoms with Gasteiger partial charge in [-0.1, -0.05) is 34.1 Å². The Bertz CT molecular complexity index is 667. The first-order valence-electron chi connectivity index (χ1n) is 8.01. The minimum absolute atomic E-state index is 0. The van der Waals surface area contributed by atoms with E-state index in [9.17, 15) is 0 Å². The highest BCUT2D eigenvalue weighted by atomic mass is 79.9. The van der Waals surface area contributed by atoms with E-state index in [0.29, 0.717) is 13.2 Å². The van der Waals surface area contributed by atoms with Crippen molar-refractivity contribution in [2.75, 3.05) is 27.4 Å². The second-order valence-corrected chi connectivity index (χ2v) is 6.18. The average molecular weight is 431 g/mol. The monoisotopic (exact) mass is 429 g/mol. The van der Waals surface area contributed by atoms with E-state index in [1.807, 2.05) is 31.2 Å². The molecule has 0 heterocycles. The van der Waals surface area contributed by atoms with Gasteiger partial charge in [0.05, 0.1) is 20.8 Å². The van der Waals surface area contributed by atoms with Crippen molar-refractivity contribution < 1.29 is 14.2 Å². The van der Waals surface area contributed by atoms with Gasteiger partial charge in [0.2, 0.25) is 0 Å². The molecule has 4 nitrogen and oxygen atoms in total. The molecule has 0 aromatic heterocycles. The van der Waals surface area contributed by atoms with Crippen molar-refractivity contribution in [2.24, 2.45) is 0 Å². The summed E-state index contributed by atoms with van der Waals surface area (Å²) in [4.78, 5) is 0. The van der Waals surface area contributed by atoms with Gasteiger partial charge in [-0.15, -0.1) is 12.4 Å². The minimum atomic E-state index is 0. The number of methoxy groups -OCH3 is 2. The average Bonchev–Trinajstić information content (AvgIpc) is 2.60. The van der Waals surface area contributed by atoms with Gasteiger partial charge in [-0.3, -0.25) is 0 Å². The predicted molar refractivity (Wildman–Crippen MR) is 108 cm³/mol. The number of benzene rings is 2. The Hall–Kier alpha value is -1.43. The molecule has 0 radical (unpaired) electrons. The molecule has 2 aromatic rings. The molecule has 0 aliphatic rings. The van der Waals surface area contributed by atoms with Crippen LogP contribution in [0.1, 0.15) is 18.1 Å². The van der Waals surface area contributed by atoms with E-state index in [4.69, 9.17) is 14.2 Å². The second kappa shape index (κ2) is 11.2. The molecule has 0 saturated carbocycles. The SMILES string of the molecule is CCOc1c(CNCCc2ccccc2OC)cc(Br)cc1OC.Cl. The maximum absolute atomic E-state index is 5.76. The fourth-order valence-electron chi connectivity index (χ4n) is 2.57. The number of hydrogen-bond acceptors (Lipinski definition) is 4. The van der Waals surface area contributed by atoms with E-state index in [1.165, 1.54) is 5.56 Å². The standard InChI is InChI=1S/C19H24BrNO3.ClH/c1-4-24-19-15(11-16(20)12-18(19)23-3)13-21-10-9-14-7-5-6-8-17(14)22-2;/h5-8,11-12,21H,4,9-10,13H2,1-3H3;1H. The Labute approximate surface area is 164 Å². The molecule has 25 heavy (non-hydrogen) atoms. The van der Waals surface area contributed by atoms with Crippen LogP contribution in [0.4, 0.5) is 0 Å². The zero-order valence-corrected chi connectivity index (χ0v) is 17.2. The summed E-state index contributed by atoms with van der Waals surface area (Å²) in [5.41, 5.74) is 2.27. The Balaban J connectivity index is 0.00000312. The molecule has 0 amide bonds. The predicted octanol–water partition coefficient (Wildman–Crippen LogP) is 4.62. The summed E-state index contributed by atoms with van der Waals surface area (Å²) in [5.74, 6) is 2.47. The first-order chi connectivity index (χ1) is 11.7. The van der Waals surface area contributed by atoms with Crippen LogP contribution in [0.25, 0.3) is 0 Å². The molecule has 0 atom stereocenters. The van der Waals surface area contributed by atoms with Crippen molar-refractivity contribution in [3.05, 3.63) is 52.0 Å². The molecule has 1 N–H and O–H groups in total. The van der Waals surface area contributed by atoms with Crippen molar-refractivity contribution in [2.45, 2.75) is 19.9 Å². The summed E-state index contributed by atoms with van der Waals surface area (Å²) in [6.45, 7) is 4.13. The number of hydrogen-bond donors (Lipinski definition) is 1. The minimum Gasteiger partial charge on any atom is -0.496 e. The van der Waals surface area contributed by atoms with Crippen molar-refractivity contribution in [3.8, 4) is 17.2 Å². The topological polar surface area (TPSA) is 39.7 Å². The van der Waals surface area contributed by atoms with Crippen LogP contribution in [0.3, 0.4) is 0 Å². The highest BCUT2D eigenvalue weighted by Crippen LogP contribution is 2.34. The third-order valence-corrected chi connectivity index (χ3v) is 4.14. The van der Waals surface area contributed by atoms with Crippen LogP contribution in [-0.4, -0.2) is 27.4 Å². The molecule has 2 aromatic carbocycles. The molecule has 0 fully saturated rings. The normalized spacial score (nSPS) is 10.1. The molecule has 6 heteroatoms. The fraction of sp³-hybridized carbons (Fsp3) is 0.368. The molecule has 0 spiro atoms. The van der Waals surface area contributed by atoms with Gasteiger partial charge in [-0.2, -0.15) is 0 Å². The quantitative estimate of drug-likeness (QED) is 0.589. The molecular weight excluding hydrogens is 406 g/mol. The summed E-state index contributed by atoms with van der Waals surface area (Å²) >= 11 is 3.52. The highest BCUT2D eigenvalue weighted by Gasteiger charge is 2.12. The van der Waals surface area contributed by atoms with Gasteiger partial charge in [0, 0.05) is 16.6 Å². The zero-order chi connectivity index (χ0) is 17.4. The van der Waals surface area contributed by atoms with Gasteiger partial charge < -0.3 is 19.5 Å². The van der Waals surface area contributed by atoms with Crippen LogP contribution in [0.15, 0.2) is 40.9 Å². The van der Waals surface area contributed by atoms with Crippen LogP contribution < -0.4 is 19.5 Å². The van der Waals surface area contributed by atoms with E-state index >= 15 is 0 Å². The van der Waals surface area contributed by atoms with E-state index in [-0.39, 0.29) is 12.4 Å². The summed E-state index contributed by atoms with van der Waals surface area (Å²) < 4.78 is 17.5. The van der Waals surface area contributed by atoms with Crippen LogP contribution in [0.5, 0.6) is 17.2 Å². The zero-order valence-electron chi connectivity index (χ0n) is 14.8. The van der Waals surface area contributed by atoms with E-state index in [2.05, 4.69) is 33.4 Å². The van der Waals surface area contributed by atoms with Gasteiger partial charge in [0.15, 0.2) is 11.5 Å². The van der Waals surface area contributed by atoms with Gasteiger partial charge in [0.1, 0.15) is 5.75 Å². The smallest absolute Gasteiger partial charge is 0.165 e. The van der Waals surface area contributed by atoms with E-state index in [0.717, 1.165) is 40.3 Å². The Morgan fingerprint density at radius 1 is 1.00 bits per heavy atom. The third-order valence-electron chi connectivity index (χ3n) is 3.68. The molecule has 0 bridgehead atoms. The van der Waals surface area contributed by atoms with Gasteiger partial charge in [-0.25, -0.2) is 0 Å². The number of para-hydroxylation sites is 1. The summed E-state index contributed by atoms with van der Waals surface area (Å²) in [6, 6.07) is 12.1. The molecule has 0 aliphatic carbocycles. The fourth-order valence-corrected chi connectivity index (χ4v) is 3.05. The maximum atomic E-state index is 5.76. The van der Waals surface area contributed by atoms with Crippen LogP contribution in [0.2, 0.25) is 0 Å². The molecule has 138 valence electrons. The number of nitrogens with one attached hydrogen (secondary N) is 1. The molecule has 0 saturated heterocycles. The number of halogens is 2. The Kier molecular flexibility index (Phi) is 9.71. The van der Waals surface area contributed by atoms with Crippen molar-refractivity contribution in [1.82, 2.24) is 5.32 Å². The Morgan fingerprint density at radius 3 is 2.40 bits per heavy atom. The van der Waals surface area contributed by atoms with Crippen molar-refractivity contribution in [1.29, 1.82) is 0 Å². The third kappa shape index (κ3) is 6.10. The first-order valence-corrected chi connectivity index (χ1v) is 8.80. The van der Waals surface area contributed by atoms with Gasteiger partial charge in [-0.05, 0) is 43.7 Å². The largest absolute Gasteiger partial charge is 0.496 e. The summed E-state index contributed by atoms with van der Waals surface area (Å²) in [5, 5.41) is 3.47. The lowest BCUT2D eigenvalue weighted by molar-refractivity contribution is 0.306. The van der Waals surface area contributed by atoms with Gasteiger partial charge >= 0.3 is 0 Å². The van der Waals surface area contributed by atoms with Gasteiger partial charge in [0.25, 0.3) is 0 Å². The lowest BCUT2D eigenvalue weighted by atomic mass is 10.1. The summed E-state index contributed by atoms with van der Waals surface area (Å²) in [6.07, 6.45) is 0.902. The lowest BCUT2D eigenvalue weighted by Crippen LogP contribution is -2.18. The Morgan fingerprint density at radius 2 is 1.72 bits per heavy atom. The second-order valence-electron chi connectivity index (χ2n) is 5.27. The first kappa shape index (κ1) is 21.6. The molecule has 0 unspecified atom stereocenters. The maximum Gasteiger partial charge on any atom is 0.165 e. The van der Waals surface area contributed by atoms with Crippen molar-refractivity contribution in [3.63, 3.8) is 0 Å². The highest BCUT2D eigenvalue weighted by molar-refractivity contribution is 9.10. The molecular formula is C19H25BrClNO3. The summed E-state index contributed by atoms with van der Waals surface area (Å²) in [7, 11) is 3.36. The van der Waals surface area contributed by atoms with E-state index in [1.54, 1.807) is 14.2 Å². The van der Waals surface area contributed by atoms with Crippen LogP contribution in [-0.2, 0) is 13.0 Å². The molecule has 0 aliphatic heterocycles. The van der Waals surface area contributed by atoms with Crippen LogP contribution >= 0.6 is 28.3 Å². The van der Waals surface area contributed by atoms with Crippen molar-refractivity contribution >= 4 is 28.3 Å². The molecule has 2 rings (SSSR count). The van der Waals surface area contributed by atoms with Crippen LogP contribution in [0, 0.1) is 0 Å². The lowest BCUT2D eigenvalue weighted by Gasteiger charge is -2.16. The van der Waals surface area contributed by atoms with E-state index < -0.39 is 0 Å². The number of ether oxygens (including phenoxy) is 3.